The van der Waals surface area contributed by atoms with Crippen LogP contribution in [-0.2, 0) is 20.9 Å². The molecule has 0 amide bonds. The van der Waals surface area contributed by atoms with Crippen LogP contribution >= 0.6 is 6.72 Å². The maximum absolute atomic E-state index is 5.73. The highest BCUT2D eigenvalue weighted by molar-refractivity contribution is 8.07. The maximum Gasteiger partial charge on any atom is 0.382 e. The van der Waals surface area contributed by atoms with Gasteiger partial charge in [-0.05, 0) is 47.0 Å². The molecule has 0 saturated heterocycles. The first-order valence-electron chi connectivity index (χ1n) is 8.26. The van der Waals surface area contributed by atoms with Gasteiger partial charge in [-0.15, -0.1) is 10.2 Å². The van der Waals surface area contributed by atoms with Crippen LogP contribution in [-0.4, -0.2) is 28.5 Å². The molecule has 0 aliphatic rings. The summed E-state index contributed by atoms with van der Waals surface area (Å²) in [6.07, 6.45) is 0.805. The zero-order valence-corrected chi connectivity index (χ0v) is 17.3. The third-order valence-corrected chi connectivity index (χ3v) is 5.14. The van der Waals surface area contributed by atoms with Crippen LogP contribution in [0.25, 0.3) is 0 Å². The normalized spacial score (nSPS) is 13.6. The summed E-state index contributed by atoms with van der Waals surface area (Å²) in [5, 5.41) is 8.05. The van der Waals surface area contributed by atoms with E-state index in [1.807, 2.05) is 34.6 Å². The van der Waals surface area contributed by atoms with Crippen molar-refractivity contribution in [2.45, 2.75) is 73.2 Å². The predicted molar refractivity (Wildman–Crippen MR) is 98.9 cm³/mol. The van der Waals surface area contributed by atoms with Gasteiger partial charge in [0.25, 0.3) is 0 Å². The van der Waals surface area contributed by atoms with Crippen LogP contribution < -0.4 is 9.26 Å². The molecule has 0 radical (unpaired) electrons. The summed E-state index contributed by atoms with van der Waals surface area (Å²) >= 11 is 5.43. The van der Waals surface area contributed by atoms with Crippen molar-refractivity contribution in [2.24, 2.45) is 5.92 Å². The Hall–Kier alpha value is -0.750. The Labute approximate surface area is 150 Å². The van der Waals surface area contributed by atoms with Crippen molar-refractivity contribution < 1.29 is 18.3 Å². The molecular formula is C16H29N2O4PS. The van der Waals surface area contributed by atoms with E-state index >= 15 is 0 Å². The van der Waals surface area contributed by atoms with Gasteiger partial charge in [0.2, 0.25) is 11.8 Å². The van der Waals surface area contributed by atoms with Crippen LogP contribution in [0, 0.1) is 5.92 Å². The summed E-state index contributed by atoms with van der Waals surface area (Å²) in [4.78, 5) is 0. The largest absolute Gasteiger partial charge is 0.474 e. The van der Waals surface area contributed by atoms with Gasteiger partial charge < -0.3 is 9.26 Å². The van der Waals surface area contributed by atoms with E-state index in [9.17, 15) is 0 Å². The number of nitrogens with zero attached hydrogens (tertiary/aromatic N) is 2. The average Bonchev–Trinajstić information content (AvgIpc) is 2.37. The molecule has 1 unspecified atom stereocenters. The van der Waals surface area contributed by atoms with Crippen LogP contribution in [0.3, 0.4) is 0 Å². The molecule has 1 atom stereocenters. The SMILES string of the molecule is CC(C)CC(C)Oc1ccc(OP(=S)(OC(C)C)OC(C)C)nn1. The number of hydrogen-bond donors (Lipinski definition) is 0. The summed E-state index contributed by atoms with van der Waals surface area (Å²) in [5.74, 6) is 1.28. The fourth-order valence-electron chi connectivity index (χ4n) is 2.04. The lowest BCUT2D eigenvalue weighted by atomic mass is 10.1. The quantitative estimate of drug-likeness (QED) is 0.546. The number of aromatic nitrogens is 2. The van der Waals surface area contributed by atoms with E-state index in [1.54, 1.807) is 12.1 Å². The fraction of sp³-hybridized carbons (Fsp3) is 0.750. The van der Waals surface area contributed by atoms with E-state index in [4.69, 9.17) is 30.1 Å². The van der Waals surface area contributed by atoms with Crippen molar-refractivity contribution in [2.75, 3.05) is 0 Å². The lowest BCUT2D eigenvalue weighted by Gasteiger charge is -2.25. The van der Waals surface area contributed by atoms with E-state index in [1.165, 1.54) is 0 Å². The third-order valence-electron chi connectivity index (χ3n) is 2.63. The molecule has 6 nitrogen and oxygen atoms in total. The van der Waals surface area contributed by atoms with Crippen molar-refractivity contribution in [1.82, 2.24) is 10.2 Å². The molecule has 1 aromatic rings. The van der Waals surface area contributed by atoms with Crippen LogP contribution in [0.2, 0.25) is 0 Å². The molecule has 0 saturated carbocycles. The number of hydrogen-bond acceptors (Lipinski definition) is 7. The van der Waals surface area contributed by atoms with E-state index in [0.29, 0.717) is 11.8 Å². The molecule has 8 heteroatoms. The molecule has 0 aliphatic heterocycles. The first-order valence-corrected chi connectivity index (χ1v) is 10.8. The van der Waals surface area contributed by atoms with Crippen molar-refractivity contribution in [3.8, 4) is 11.8 Å². The Balaban J connectivity index is 2.74. The van der Waals surface area contributed by atoms with Gasteiger partial charge in [-0.25, -0.2) is 0 Å². The second-order valence-electron chi connectivity index (χ2n) is 6.61. The van der Waals surface area contributed by atoms with Gasteiger partial charge in [-0.3, -0.25) is 9.05 Å². The molecular weight excluding hydrogens is 347 g/mol. The van der Waals surface area contributed by atoms with E-state index in [2.05, 4.69) is 24.0 Å². The molecule has 0 aliphatic carbocycles. The molecule has 1 aromatic heterocycles. The summed E-state index contributed by atoms with van der Waals surface area (Å²) in [7, 11) is 0. The van der Waals surface area contributed by atoms with Crippen LogP contribution in [0.1, 0.15) is 54.9 Å². The Morgan fingerprint density at radius 3 is 1.83 bits per heavy atom. The average molecular weight is 376 g/mol. The van der Waals surface area contributed by atoms with Crippen molar-refractivity contribution in [1.29, 1.82) is 0 Å². The van der Waals surface area contributed by atoms with E-state index in [-0.39, 0.29) is 24.2 Å². The highest BCUT2D eigenvalue weighted by Gasteiger charge is 2.26. The Morgan fingerprint density at radius 1 is 0.917 bits per heavy atom. The monoisotopic (exact) mass is 376 g/mol. The fourth-order valence-corrected chi connectivity index (χ4v) is 4.79. The molecule has 1 rings (SSSR count). The van der Waals surface area contributed by atoms with Gasteiger partial charge in [-0.2, -0.15) is 0 Å². The van der Waals surface area contributed by atoms with Crippen molar-refractivity contribution in [3.05, 3.63) is 12.1 Å². The summed E-state index contributed by atoms with van der Waals surface area (Å²) in [6, 6.07) is 3.38. The zero-order chi connectivity index (χ0) is 18.3. The van der Waals surface area contributed by atoms with Crippen LogP contribution in [0.15, 0.2) is 12.1 Å². The molecule has 0 N–H and O–H groups in total. The Bertz CT molecular complexity index is 523. The highest BCUT2D eigenvalue weighted by atomic mass is 32.5. The Kier molecular flexibility index (Phi) is 8.57. The molecule has 24 heavy (non-hydrogen) atoms. The van der Waals surface area contributed by atoms with Gasteiger partial charge >= 0.3 is 6.72 Å². The number of rotatable bonds is 10. The summed E-state index contributed by atoms with van der Waals surface area (Å²) < 4.78 is 22.8. The van der Waals surface area contributed by atoms with Gasteiger partial charge in [-0.1, -0.05) is 13.8 Å². The molecule has 0 aromatic carbocycles. The molecule has 1 heterocycles. The number of ether oxygens (including phenoxy) is 1. The highest BCUT2D eigenvalue weighted by Crippen LogP contribution is 2.51. The molecule has 0 fully saturated rings. The minimum Gasteiger partial charge on any atom is -0.474 e. The summed E-state index contributed by atoms with van der Waals surface area (Å²) in [6.45, 7) is 10.9. The van der Waals surface area contributed by atoms with Gasteiger partial charge in [0, 0.05) is 23.9 Å². The zero-order valence-electron chi connectivity index (χ0n) is 15.6. The van der Waals surface area contributed by atoms with Crippen molar-refractivity contribution >= 4 is 18.5 Å². The second-order valence-corrected chi connectivity index (χ2v) is 9.45. The lowest BCUT2D eigenvalue weighted by Crippen LogP contribution is -2.15. The second kappa shape index (κ2) is 9.66. The predicted octanol–water partition coefficient (Wildman–Crippen LogP) is 4.74. The van der Waals surface area contributed by atoms with E-state index in [0.717, 1.165) is 6.42 Å². The van der Waals surface area contributed by atoms with Crippen LogP contribution in [0.5, 0.6) is 11.8 Å². The topological polar surface area (TPSA) is 62.7 Å². The first-order chi connectivity index (χ1) is 11.1. The lowest BCUT2D eigenvalue weighted by molar-refractivity contribution is 0.139. The van der Waals surface area contributed by atoms with Gasteiger partial charge in [0.15, 0.2) is 0 Å². The summed E-state index contributed by atoms with van der Waals surface area (Å²) in [5.41, 5.74) is 0. The maximum atomic E-state index is 5.73. The smallest absolute Gasteiger partial charge is 0.382 e. The first kappa shape index (κ1) is 21.3. The van der Waals surface area contributed by atoms with Crippen LogP contribution in [0.4, 0.5) is 0 Å². The third kappa shape index (κ3) is 8.38. The molecule has 0 bridgehead atoms. The van der Waals surface area contributed by atoms with E-state index < -0.39 is 6.72 Å². The van der Waals surface area contributed by atoms with Gasteiger partial charge in [0.05, 0.1) is 18.3 Å². The standard InChI is InChI=1S/C16H29N2O4PS/c1-11(2)10-14(7)19-15-8-9-16(18-17-15)22-23(24,20-12(3)4)21-13(5)6/h8-9,11-14H,10H2,1-7H3. The molecule has 138 valence electrons. The minimum absolute atomic E-state index is 0.0742. The van der Waals surface area contributed by atoms with Gasteiger partial charge in [0.1, 0.15) is 0 Å². The molecule has 0 spiro atoms. The minimum atomic E-state index is -2.92. The van der Waals surface area contributed by atoms with Crippen molar-refractivity contribution in [3.63, 3.8) is 0 Å². The Morgan fingerprint density at radius 2 is 1.42 bits per heavy atom.